The van der Waals surface area contributed by atoms with Crippen LogP contribution in [0, 0.1) is 21.3 Å². The van der Waals surface area contributed by atoms with Crippen LogP contribution in [0.1, 0.15) is 36.0 Å². The lowest BCUT2D eigenvalue weighted by Crippen LogP contribution is -2.31. The fourth-order valence-electron chi connectivity index (χ4n) is 3.64. The Morgan fingerprint density at radius 3 is 2.89 bits per heavy atom. The van der Waals surface area contributed by atoms with Gasteiger partial charge < -0.3 is 10.4 Å². The van der Waals surface area contributed by atoms with Crippen LogP contribution in [0.5, 0.6) is 5.75 Å². The third-order valence-corrected chi connectivity index (χ3v) is 5.28. The zero-order valence-electron chi connectivity index (χ0n) is 10.7. The normalized spacial score (nSPS) is 28.6. The molecule has 3 unspecified atom stereocenters. The first kappa shape index (κ1) is 13.2. The molecule has 4 heteroatoms. The Balaban J connectivity index is 1.61. The predicted molar refractivity (Wildman–Crippen MR) is 82.1 cm³/mol. The van der Waals surface area contributed by atoms with Crippen LogP contribution in [-0.2, 0) is 0 Å². The van der Waals surface area contributed by atoms with Crippen LogP contribution in [-0.4, -0.2) is 17.6 Å². The van der Waals surface area contributed by atoms with Gasteiger partial charge in [-0.25, -0.2) is 0 Å². The molecule has 0 spiro atoms. The molecular weight excluding hydrogens is 353 g/mol. The first-order chi connectivity index (χ1) is 9.13. The van der Waals surface area contributed by atoms with Crippen molar-refractivity contribution < 1.29 is 9.90 Å². The number of nitrogens with one attached hydrogen (secondary N) is 1. The molecule has 2 aliphatic rings. The Morgan fingerprint density at radius 2 is 2.21 bits per heavy atom. The number of phenols is 1. The van der Waals surface area contributed by atoms with Crippen LogP contribution in [0.3, 0.4) is 0 Å². The van der Waals surface area contributed by atoms with Gasteiger partial charge in [0, 0.05) is 10.1 Å². The minimum atomic E-state index is -0.154. The molecule has 3 rings (SSSR count). The van der Waals surface area contributed by atoms with Crippen LogP contribution < -0.4 is 5.32 Å². The maximum absolute atomic E-state index is 12.1. The van der Waals surface area contributed by atoms with Crippen LogP contribution in [0.4, 0.5) is 0 Å². The van der Waals surface area contributed by atoms with Crippen LogP contribution >= 0.6 is 22.6 Å². The summed E-state index contributed by atoms with van der Waals surface area (Å²) < 4.78 is 0.959. The number of carbonyl (C=O) groups excluding carboxylic acids is 1. The van der Waals surface area contributed by atoms with E-state index < -0.39 is 0 Å². The topological polar surface area (TPSA) is 49.3 Å². The lowest BCUT2D eigenvalue weighted by Gasteiger charge is -2.21. The minimum Gasteiger partial charge on any atom is -0.507 e. The molecule has 19 heavy (non-hydrogen) atoms. The largest absolute Gasteiger partial charge is 0.507 e. The number of aromatic hydroxyl groups is 1. The van der Waals surface area contributed by atoms with Gasteiger partial charge >= 0.3 is 0 Å². The highest BCUT2D eigenvalue weighted by molar-refractivity contribution is 14.1. The molecule has 3 atom stereocenters. The van der Waals surface area contributed by atoms with Gasteiger partial charge in [0.25, 0.3) is 5.91 Å². The van der Waals surface area contributed by atoms with Gasteiger partial charge in [-0.2, -0.15) is 0 Å². The standard InChI is InChI=1S/C15H18INO2/c16-12-3-4-14(18)13(7-12)15(19)17-8-11-6-9-1-2-10(11)5-9/h3-4,7,9-11,18H,1-2,5-6,8H2,(H,17,19). The lowest BCUT2D eigenvalue weighted by molar-refractivity contribution is 0.0939. The summed E-state index contributed by atoms with van der Waals surface area (Å²) in [7, 11) is 0. The molecule has 1 aromatic carbocycles. The average molecular weight is 371 g/mol. The van der Waals surface area contributed by atoms with E-state index in [-0.39, 0.29) is 11.7 Å². The fourth-order valence-corrected chi connectivity index (χ4v) is 4.13. The van der Waals surface area contributed by atoms with Gasteiger partial charge in [-0.3, -0.25) is 4.79 Å². The highest BCUT2D eigenvalue weighted by Crippen LogP contribution is 2.47. The Bertz CT molecular complexity index is 503. The molecule has 0 saturated heterocycles. The summed E-state index contributed by atoms with van der Waals surface area (Å²) in [5.41, 5.74) is 0.384. The van der Waals surface area contributed by atoms with Gasteiger partial charge in [0.15, 0.2) is 0 Å². The second-order valence-electron chi connectivity index (χ2n) is 5.81. The number of carbonyl (C=O) groups is 1. The van der Waals surface area contributed by atoms with E-state index in [9.17, 15) is 9.90 Å². The van der Waals surface area contributed by atoms with Gasteiger partial charge in [-0.1, -0.05) is 6.42 Å². The molecule has 102 valence electrons. The van der Waals surface area contributed by atoms with Crippen molar-refractivity contribution in [1.82, 2.24) is 5.32 Å². The highest BCUT2D eigenvalue weighted by Gasteiger charge is 2.39. The second kappa shape index (κ2) is 5.31. The van der Waals surface area contributed by atoms with Gasteiger partial charge in [0.1, 0.15) is 5.75 Å². The van der Waals surface area contributed by atoms with Gasteiger partial charge in [0.05, 0.1) is 5.56 Å². The SMILES string of the molecule is O=C(NCC1CC2CCC1C2)c1cc(I)ccc1O. The van der Waals surface area contributed by atoms with E-state index in [0.29, 0.717) is 11.5 Å². The summed E-state index contributed by atoms with van der Waals surface area (Å²) in [6.45, 7) is 0.755. The Morgan fingerprint density at radius 1 is 1.37 bits per heavy atom. The number of benzene rings is 1. The molecule has 2 bridgehead atoms. The first-order valence-electron chi connectivity index (χ1n) is 6.90. The molecule has 0 aromatic heterocycles. The summed E-state index contributed by atoms with van der Waals surface area (Å²) in [4.78, 5) is 12.1. The fraction of sp³-hybridized carbons (Fsp3) is 0.533. The van der Waals surface area contributed by atoms with Crippen molar-refractivity contribution >= 4 is 28.5 Å². The Hall–Kier alpha value is -0.780. The summed E-state index contributed by atoms with van der Waals surface area (Å²) >= 11 is 2.15. The molecule has 0 heterocycles. The van der Waals surface area contributed by atoms with Crippen molar-refractivity contribution in [3.05, 3.63) is 27.3 Å². The molecule has 1 amide bonds. The van der Waals surface area contributed by atoms with E-state index in [2.05, 4.69) is 27.9 Å². The number of hydrogen-bond acceptors (Lipinski definition) is 2. The molecule has 2 aliphatic carbocycles. The molecule has 0 aliphatic heterocycles. The predicted octanol–water partition coefficient (Wildman–Crippen LogP) is 3.16. The molecule has 3 nitrogen and oxygen atoms in total. The van der Waals surface area contributed by atoms with Crippen LogP contribution in [0.15, 0.2) is 18.2 Å². The number of amides is 1. The highest BCUT2D eigenvalue weighted by atomic mass is 127. The van der Waals surface area contributed by atoms with Gasteiger partial charge in [-0.05, 0) is 77.8 Å². The zero-order chi connectivity index (χ0) is 13.4. The molecule has 2 fully saturated rings. The lowest BCUT2D eigenvalue weighted by atomic mass is 9.89. The van der Waals surface area contributed by atoms with E-state index in [1.54, 1.807) is 18.2 Å². The molecule has 2 saturated carbocycles. The van der Waals surface area contributed by atoms with E-state index in [0.717, 1.165) is 22.0 Å². The van der Waals surface area contributed by atoms with E-state index >= 15 is 0 Å². The maximum atomic E-state index is 12.1. The average Bonchev–Trinajstić information content (AvgIpc) is 3.01. The quantitative estimate of drug-likeness (QED) is 0.802. The van der Waals surface area contributed by atoms with Crippen molar-refractivity contribution in [1.29, 1.82) is 0 Å². The number of halogens is 1. The Labute approximate surface area is 126 Å². The monoisotopic (exact) mass is 371 g/mol. The summed E-state index contributed by atoms with van der Waals surface area (Å²) in [6, 6.07) is 5.10. The summed E-state index contributed by atoms with van der Waals surface area (Å²) in [5.74, 6) is 2.27. The number of fused-ring (bicyclic) bond motifs is 2. The second-order valence-corrected chi connectivity index (χ2v) is 7.05. The van der Waals surface area contributed by atoms with Crippen LogP contribution in [0.25, 0.3) is 0 Å². The molecule has 1 aromatic rings. The number of hydrogen-bond donors (Lipinski definition) is 2. The maximum Gasteiger partial charge on any atom is 0.255 e. The summed E-state index contributed by atoms with van der Waals surface area (Å²) in [5, 5.41) is 12.7. The van der Waals surface area contributed by atoms with E-state index in [4.69, 9.17) is 0 Å². The van der Waals surface area contributed by atoms with Gasteiger partial charge in [0.2, 0.25) is 0 Å². The number of rotatable bonds is 3. The van der Waals surface area contributed by atoms with Gasteiger partial charge in [-0.15, -0.1) is 0 Å². The number of phenolic OH excluding ortho intramolecular Hbond substituents is 1. The van der Waals surface area contributed by atoms with Crippen molar-refractivity contribution in [2.45, 2.75) is 25.7 Å². The zero-order valence-corrected chi connectivity index (χ0v) is 12.9. The van der Waals surface area contributed by atoms with Crippen molar-refractivity contribution in [3.8, 4) is 5.75 Å². The molecule has 0 radical (unpaired) electrons. The van der Waals surface area contributed by atoms with Crippen molar-refractivity contribution in [2.24, 2.45) is 17.8 Å². The summed E-state index contributed by atoms with van der Waals surface area (Å²) in [6.07, 6.45) is 5.34. The van der Waals surface area contributed by atoms with E-state index in [1.165, 1.54) is 25.7 Å². The third-order valence-electron chi connectivity index (χ3n) is 4.61. The van der Waals surface area contributed by atoms with Crippen molar-refractivity contribution in [2.75, 3.05) is 6.54 Å². The molecular formula is C15H18INO2. The smallest absolute Gasteiger partial charge is 0.255 e. The Kier molecular flexibility index (Phi) is 3.69. The van der Waals surface area contributed by atoms with Crippen LogP contribution in [0.2, 0.25) is 0 Å². The van der Waals surface area contributed by atoms with E-state index in [1.807, 2.05) is 0 Å². The molecule has 2 N–H and O–H groups in total. The first-order valence-corrected chi connectivity index (χ1v) is 7.98. The minimum absolute atomic E-state index is 0.0610. The van der Waals surface area contributed by atoms with Crippen molar-refractivity contribution in [3.63, 3.8) is 0 Å². The third kappa shape index (κ3) is 2.73.